The molecule has 1 aromatic carbocycles. The van der Waals surface area contributed by atoms with Crippen molar-refractivity contribution in [3.8, 4) is 6.07 Å². The van der Waals surface area contributed by atoms with Crippen molar-refractivity contribution in [2.24, 2.45) is 11.8 Å². The lowest BCUT2D eigenvalue weighted by molar-refractivity contribution is -0.122. The Bertz CT molecular complexity index is 562. The van der Waals surface area contributed by atoms with Gasteiger partial charge in [0, 0.05) is 24.6 Å². The van der Waals surface area contributed by atoms with Gasteiger partial charge in [0.05, 0.1) is 11.6 Å². The number of carbonyl (C=O) groups is 2. The summed E-state index contributed by atoms with van der Waals surface area (Å²) in [5, 5.41) is 14.2. The lowest BCUT2D eigenvalue weighted by Crippen LogP contribution is -2.29. The number of nitrogens with zero attached hydrogens (tertiary/aromatic N) is 1. The number of nitriles is 1. The Hall–Kier alpha value is -2.35. The highest BCUT2D eigenvalue weighted by Gasteiger charge is 2.38. The molecule has 2 atom stereocenters. The molecule has 0 aromatic heterocycles. The molecule has 1 saturated carbocycles. The van der Waals surface area contributed by atoms with Gasteiger partial charge in [0.15, 0.2) is 0 Å². The molecule has 1 aliphatic carbocycles. The fourth-order valence-electron chi connectivity index (χ4n) is 2.01. The summed E-state index contributed by atoms with van der Waals surface area (Å²) in [6, 6.07) is 8.74. The second-order valence-electron chi connectivity index (χ2n) is 5.10. The van der Waals surface area contributed by atoms with Crippen molar-refractivity contribution in [2.45, 2.75) is 19.8 Å². The minimum Gasteiger partial charge on any atom is -0.355 e. The smallest absolute Gasteiger partial charge is 0.226 e. The van der Waals surface area contributed by atoms with Crippen LogP contribution in [0, 0.1) is 23.2 Å². The SMILES string of the molecule is C[C@@H]1C[C@H]1C(=O)NCCC(=O)Nc1cccc(C#N)c1. The van der Waals surface area contributed by atoms with Crippen molar-refractivity contribution in [2.75, 3.05) is 11.9 Å². The summed E-state index contributed by atoms with van der Waals surface area (Å²) in [5.41, 5.74) is 1.09. The van der Waals surface area contributed by atoms with Crippen LogP contribution in [0.3, 0.4) is 0 Å². The summed E-state index contributed by atoms with van der Waals surface area (Å²) in [6.45, 7) is 2.38. The maximum atomic E-state index is 11.7. The maximum Gasteiger partial charge on any atom is 0.226 e. The number of anilines is 1. The fourth-order valence-corrected chi connectivity index (χ4v) is 2.01. The molecular weight excluding hydrogens is 254 g/mol. The molecule has 0 bridgehead atoms. The van der Waals surface area contributed by atoms with E-state index in [1.807, 2.05) is 13.0 Å². The highest BCUT2D eigenvalue weighted by molar-refractivity contribution is 5.91. The molecule has 104 valence electrons. The monoisotopic (exact) mass is 271 g/mol. The quantitative estimate of drug-likeness (QED) is 0.854. The van der Waals surface area contributed by atoms with Crippen molar-refractivity contribution >= 4 is 17.5 Å². The molecule has 1 aliphatic rings. The Balaban J connectivity index is 1.72. The summed E-state index contributed by atoms with van der Waals surface area (Å²) >= 11 is 0. The molecule has 5 nitrogen and oxygen atoms in total. The molecule has 2 rings (SSSR count). The Morgan fingerprint density at radius 2 is 2.20 bits per heavy atom. The van der Waals surface area contributed by atoms with Crippen molar-refractivity contribution in [3.05, 3.63) is 29.8 Å². The molecule has 0 unspecified atom stereocenters. The number of hydrogen-bond acceptors (Lipinski definition) is 3. The topological polar surface area (TPSA) is 82.0 Å². The zero-order valence-electron chi connectivity index (χ0n) is 11.3. The third-order valence-electron chi connectivity index (χ3n) is 3.37. The minimum atomic E-state index is -0.177. The summed E-state index contributed by atoms with van der Waals surface area (Å²) in [4.78, 5) is 23.3. The van der Waals surface area contributed by atoms with Gasteiger partial charge in [0.25, 0.3) is 0 Å². The number of benzene rings is 1. The van der Waals surface area contributed by atoms with E-state index in [1.54, 1.807) is 24.3 Å². The Morgan fingerprint density at radius 1 is 1.45 bits per heavy atom. The molecule has 2 amide bonds. The zero-order valence-corrected chi connectivity index (χ0v) is 11.3. The average Bonchev–Trinajstić information content (AvgIpc) is 3.16. The number of amides is 2. The minimum absolute atomic E-state index is 0.0387. The lowest BCUT2D eigenvalue weighted by atomic mass is 10.2. The van der Waals surface area contributed by atoms with E-state index in [4.69, 9.17) is 5.26 Å². The highest BCUT2D eigenvalue weighted by atomic mass is 16.2. The molecule has 1 fully saturated rings. The number of rotatable bonds is 5. The van der Waals surface area contributed by atoms with Crippen LogP contribution < -0.4 is 10.6 Å². The second-order valence-corrected chi connectivity index (χ2v) is 5.10. The van der Waals surface area contributed by atoms with E-state index < -0.39 is 0 Å². The first-order chi connectivity index (χ1) is 9.60. The Labute approximate surface area is 118 Å². The molecule has 0 saturated heterocycles. The molecule has 20 heavy (non-hydrogen) atoms. The van der Waals surface area contributed by atoms with Gasteiger partial charge < -0.3 is 10.6 Å². The van der Waals surface area contributed by atoms with Crippen molar-refractivity contribution < 1.29 is 9.59 Å². The predicted octanol–water partition coefficient (Wildman–Crippen LogP) is 1.66. The lowest BCUT2D eigenvalue weighted by Gasteiger charge is -2.06. The number of hydrogen-bond donors (Lipinski definition) is 2. The van der Waals surface area contributed by atoms with Crippen LogP contribution in [-0.4, -0.2) is 18.4 Å². The molecule has 5 heteroatoms. The first-order valence-electron chi connectivity index (χ1n) is 6.68. The van der Waals surface area contributed by atoms with Crippen LogP contribution in [0.4, 0.5) is 5.69 Å². The predicted molar refractivity (Wildman–Crippen MR) is 74.7 cm³/mol. The van der Waals surface area contributed by atoms with E-state index >= 15 is 0 Å². The van der Waals surface area contributed by atoms with E-state index in [0.717, 1.165) is 6.42 Å². The van der Waals surface area contributed by atoms with Crippen LogP contribution in [0.1, 0.15) is 25.3 Å². The molecule has 0 heterocycles. The first kappa shape index (κ1) is 14.1. The van der Waals surface area contributed by atoms with Crippen molar-refractivity contribution in [3.63, 3.8) is 0 Å². The zero-order chi connectivity index (χ0) is 14.5. The molecule has 0 aliphatic heterocycles. The van der Waals surface area contributed by atoms with E-state index in [-0.39, 0.29) is 24.2 Å². The van der Waals surface area contributed by atoms with Crippen LogP contribution in [0.15, 0.2) is 24.3 Å². The van der Waals surface area contributed by atoms with Crippen LogP contribution >= 0.6 is 0 Å². The summed E-state index contributed by atoms with van der Waals surface area (Å²) in [5.74, 6) is 0.462. The van der Waals surface area contributed by atoms with E-state index in [0.29, 0.717) is 23.7 Å². The van der Waals surface area contributed by atoms with Crippen molar-refractivity contribution in [1.29, 1.82) is 5.26 Å². The molecule has 1 aromatic rings. The average molecular weight is 271 g/mol. The second kappa shape index (κ2) is 6.20. The van der Waals surface area contributed by atoms with Crippen LogP contribution in [0.25, 0.3) is 0 Å². The van der Waals surface area contributed by atoms with Gasteiger partial charge >= 0.3 is 0 Å². The normalized spacial score (nSPS) is 19.8. The van der Waals surface area contributed by atoms with E-state index in [1.165, 1.54) is 0 Å². The van der Waals surface area contributed by atoms with Gasteiger partial charge in [-0.2, -0.15) is 5.26 Å². The Kier molecular flexibility index (Phi) is 4.36. The van der Waals surface area contributed by atoms with Crippen LogP contribution in [-0.2, 0) is 9.59 Å². The first-order valence-corrected chi connectivity index (χ1v) is 6.68. The van der Waals surface area contributed by atoms with Gasteiger partial charge in [0.2, 0.25) is 11.8 Å². The van der Waals surface area contributed by atoms with Crippen LogP contribution in [0.5, 0.6) is 0 Å². The van der Waals surface area contributed by atoms with Gasteiger partial charge in [-0.25, -0.2) is 0 Å². The van der Waals surface area contributed by atoms with Gasteiger partial charge in [-0.3, -0.25) is 9.59 Å². The van der Waals surface area contributed by atoms with Gasteiger partial charge in [-0.1, -0.05) is 13.0 Å². The van der Waals surface area contributed by atoms with Gasteiger partial charge in [-0.05, 0) is 30.5 Å². The molecule has 2 N–H and O–H groups in total. The third-order valence-corrected chi connectivity index (χ3v) is 3.37. The van der Waals surface area contributed by atoms with Gasteiger partial charge in [-0.15, -0.1) is 0 Å². The largest absolute Gasteiger partial charge is 0.355 e. The van der Waals surface area contributed by atoms with E-state index in [9.17, 15) is 9.59 Å². The molecular formula is C15H17N3O2. The fraction of sp³-hybridized carbons (Fsp3) is 0.400. The van der Waals surface area contributed by atoms with Crippen LogP contribution in [0.2, 0.25) is 0 Å². The molecule has 0 spiro atoms. The van der Waals surface area contributed by atoms with E-state index in [2.05, 4.69) is 10.6 Å². The number of carbonyl (C=O) groups excluding carboxylic acids is 2. The standard InChI is InChI=1S/C15H17N3O2/c1-10-7-13(10)15(20)17-6-5-14(19)18-12-4-2-3-11(8-12)9-16/h2-4,8,10,13H,5-7H2,1H3,(H,17,20)(H,18,19)/t10-,13-/m1/s1. The Morgan fingerprint density at radius 3 is 2.85 bits per heavy atom. The summed E-state index contributed by atoms with van der Waals surface area (Å²) in [6.07, 6.45) is 1.17. The maximum absolute atomic E-state index is 11.7. The molecule has 0 radical (unpaired) electrons. The number of nitrogens with one attached hydrogen (secondary N) is 2. The summed E-state index contributed by atoms with van der Waals surface area (Å²) in [7, 11) is 0. The van der Waals surface area contributed by atoms with Gasteiger partial charge in [0.1, 0.15) is 0 Å². The third kappa shape index (κ3) is 3.82. The summed E-state index contributed by atoms with van der Waals surface area (Å²) < 4.78 is 0. The highest BCUT2D eigenvalue weighted by Crippen LogP contribution is 2.37. The van der Waals surface area contributed by atoms with Crippen molar-refractivity contribution in [1.82, 2.24) is 5.32 Å².